The van der Waals surface area contributed by atoms with Crippen LogP contribution in [-0.2, 0) is 6.54 Å². The minimum Gasteiger partial charge on any atom is -0.349 e. The average Bonchev–Trinajstić information content (AvgIpc) is 2.54. The number of benzene rings is 2. The molecule has 0 radical (unpaired) electrons. The Hall–Kier alpha value is -3.09. The lowest BCUT2D eigenvalue weighted by molar-refractivity contribution is 0.612. The van der Waals surface area contributed by atoms with E-state index in [1.165, 1.54) is 24.4 Å². The molecule has 0 bridgehead atoms. The van der Waals surface area contributed by atoms with E-state index in [9.17, 15) is 8.78 Å². The minimum atomic E-state index is -0.352. The van der Waals surface area contributed by atoms with Crippen molar-refractivity contribution in [1.29, 1.82) is 0 Å². The first-order valence-corrected chi connectivity index (χ1v) is 6.90. The maximum Gasteiger partial charge on any atom is 0.244 e. The highest BCUT2D eigenvalue weighted by Gasteiger charge is 2.04. The van der Waals surface area contributed by atoms with E-state index in [1.54, 1.807) is 30.3 Å². The summed E-state index contributed by atoms with van der Waals surface area (Å²) < 4.78 is 26.7. The summed E-state index contributed by atoms with van der Waals surface area (Å²) in [6, 6.07) is 12.4. The van der Waals surface area contributed by atoms with Crippen molar-refractivity contribution in [2.24, 2.45) is 0 Å². The van der Waals surface area contributed by atoms with Gasteiger partial charge in [0.1, 0.15) is 11.6 Å². The van der Waals surface area contributed by atoms with Gasteiger partial charge in [0.2, 0.25) is 5.95 Å². The second kappa shape index (κ2) is 6.78. The molecule has 3 rings (SSSR count). The first kappa shape index (κ1) is 14.8. The van der Waals surface area contributed by atoms with E-state index in [0.29, 0.717) is 17.1 Å². The lowest BCUT2D eigenvalue weighted by Gasteiger charge is -2.08. The van der Waals surface area contributed by atoms with E-state index >= 15 is 0 Å². The Morgan fingerprint density at radius 3 is 2.70 bits per heavy atom. The lowest BCUT2D eigenvalue weighted by atomic mass is 10.2. The maximum atomic E-state index is 13.6. The van der Waals surface area contributed by atoms with Crippen LogP contribution in [0.5, 0.6) is 0 Å². The van der Waals surface area contributed by atoms with E-state index in [4.69, 9.17) is 0 Å². The molecule has 0 unspecified atom stereocenters. The van der Waals surface area contributed by atoms with Crippen LogP contribution in [0.15, 0.2) is 54.7 Å². The zero-order chi connectivity index (χ0) is 16.1. The van der Waals surface area contributed by atoms with Gasteiger partial charge in [0, 0.05) is 17.8 Å². The highest BCUT2D eigenvalue weighted by atomic mass is 19.1. The molecule has 1 aromatic heterocycles. The summed E-state index contributed by atoms with van der Waals surface area (Å²) in [5, 5.41) is 13.5. The molecule has 0 aliphatic rings. The third kappa shape index (κ3) is 3.97. The number of nitrogens with one attached hydrogen (secondary N) is 2. The van der Waals surface area contributed by atoms with Crippen LogP contribution in [-0.4, -0.2) is 15.2 Å². The maximum absolute atomic E-state index is 13.6. The second-order valence-electron chi connectivity index (χ2n) is 4.75. The van der Waals surface area contributed by atoms with E-state index in [1.807, 2.05) is 0 Å². The quantitative estimate of drug-likeness (QED) is 0.755. The molecule has 0 saturated heterocycles. The lowest BCUT2D eigenvalue weighted by Crippen LogP contribution is -2.07. The van der Waals surface area contributed by atoms with Crippen LogP contribution >= 0.6 is 0 Å². The first-order chi connectivity index (χ1) is 11.2. The van der Waals surface area contributed by atoms with Gasteiger partial charge in [-0.3, -0.25) is 0 Å². The van der Waals surface area contributed by atoms with Crippen molar-refractivity contribution in [1.82, 2.24) is 15.2 Å². The van der Waals surface area contributed by atoms with Gasteiger partial charge in [-0.1, -0.05) is 24.3 Å². The number of rotatable bonds is 5. The van der Waals surface area contributed by atoms with Crippen LogP contribution < -0.4 is 10.6 Å². The Labute approximate surface area is 131 Å². The van der Waals surface area contributed by atoms with Gasteiger partial charge in [-0.25, -0.2) is 8.78 Å². The number of hydrogen-bond donors (Lipinski definition) is 2. The fourth-order valence-corrected chi connectivity index (χ4v) is 1.97. The number of nitrogens with zero attached hydrogens (tertiary/aromatic N) is 3. The van der Waals surface area contributed by atoms with Crippen LogP contribution in [0.25, 0.3) is 0 Å². The summed E-state index contributed by atoms with van der Waals surface area (Å²) in [5.41, 5.74) is 1.05. The Morgan fingerprint density at radius 2 is 1.87 bits per heavy atom. The first-order valence-electron chi connectivity index (χ1n) is 6.90. The van der Waals surface area contributed by atoms with Crippen molar-refractivity contribution >= 4 is 17.5 Å². The number of halogens is 2. The van der Waals surface area contributed by atoms with E-state index in [0.717, 1.165) is 0 Å². The summed E-state index contributed by atoms with van der Waals surface area (Å²) in [5.74, 6) is -0.00629. The summed E-state index contributed by atoms with van der Waals surface area (Å²) in [6.45, 7) is 0.234. The molecule has 0 spiro atoms. The normalized spacial score (nSPS) is 10.3. The van der Waals surface area contributed by atoms with Crippen LogP contribution in [0.2, 0.25) is 0 Å². The van der Waals surface area contributed by atoms with Crippen molar-refractivity contribution in [3.8, 4) is 0 Å². The number of aromatic nitrogens is 3. The summed E-state index contributed by atoms with van der Waals surface area (Å²) in [4.78, 5) is 4.20. The van der Waals surface area contributed by atoms with E-state index in [-0.39, 0.29) is 24.1 Å². The van der Waals surface area contributed by atoms with Crippen LogP contribution in [0.1, 0.15) is 5.56 Å². The SMILES string of the molecule is Fc1cccc(Nc2cnnc(NCc3ccccc3F)n2)c1. The topological polar surface area (TPSA) is 62.7 Å². The summed E-state index contributed by atoms with van der Waals surface area (Å²) >= 11 is 0. The fourth-order valence-electron chi connectivity index (χ4n) is 1.97. The second-order valence-corrected chi connectivity index (χ2v) is 4.75. The Balaban J connectivity index is 1.69. The molecule has 2 N–H and O–H groups in total. The van der Waals surface area contributed by atoms with Gasteiger partial charge in [0.25, 0.3) is 0 Å². The van der Waals surface area contributed by atoms with Crippen molar-refractivity contribution in [2.75, 3.05) is 10.6 Å². The number of hydrogen-bond acceptors (Lipinski definition) is 5. The summed E-state index contributed by atoms with van der Waals surface area (Å²) in [7, 11) is 0. The largest absolute Gasteiger partial charge is 0.349 e. The monoisotopic (exact) mass is 313 g/mol. The molecule has 0 fully saturated rings. The minimum absolute atomic E-state index is 0.234. The predicted molar refractivity (Wildman–Crippen MR) is 83.2 cm³/mol. The van der Waals surface area contributed by atoms with Crippen LogP contribution in [0.4, 0.5) is 26.2 Å². The molecule has 2 aromatic carbocycles. The highest BCUT2D eigenvalue weighted by molar-refractivity contribution is 5.55. The van der Waals surface area contributed by atoms with Gasteiger partial charge >= 0.3 is 0 Å². The highest BCUT2D eigenvalue weighted by Crippen LogP contribution is 2.15. The third-order valence-corrected chi connectivity index (χ3v) is 3.05. The van der Waals surface area contributed by atoms with Crippen molar-refractivity contribution in [3.05, 3.63) is 71.9 Å². The molecule has 3 aromatic rings. The van der Waals surface area contributed by atoms with Gasteiger partial charge in [-0.15, -0.1) is 5.10 Å². The Kier molecular flexibility index (Phi) is 4.37. The van der Waals surface area contributed by atoms with E-state index in [2.05, 4.69) is 25.8 Å². The molecular formula is C16H13F2N5. The van der Waals surface area contributed by atoms with Crippen LogP contribution in [0.3, 0.4) is 0 Å². The molecule has 5 nitrogen and oxygen atoms in total. The Morgan fingerprint density at radius 1 is 1.00 bits per heavy atom. The molecule has 0 aliphatic heterocycles. The zero-order valence-electron chi connectivity index (χ0n) is 12.0. The fraction of sp³-hybridized carbons (Fsp3) is 0.0625. The molecule has 7 heteroatoms. The van der Waals surface area contributed by atoms with Crippen molar-refractivity contribution in [3.63, 3.8) is 0 Å². The molecule has 0 atom stereocenters. The van der Waals surface area contributed by atoms with Gasteiger partial charge in [-0.05, 0) is 24.3 Å². The number of anilines is 3. The molecule has 1 heterocycles. The smallest absolute Gasteiger partial charge is 0.244 e. The molecular weight excluding hydrogens is 300 g/mol. The molecule has 0 amide bonds. The van der Waals surface area contributed by atoms with Crippen LogP contribution in [0, 0.1) is 11.6 Å². The van der Waals surface area contributed by atoms with Gasteiger partial charge in [-0.2, -0.15) is 10.1 Å². The third-order valence-electron chi connectivity index (χ3n) is 3.05. The Bertz CT molecular complexity index is 810. The van der Waals surface area contributed by atoms with Crippen molar-refractivity contribution in [2.45, 2.75) is 6.54 Å². The van der Waals surface area contributed by atoms with Gasteiger partial charge < -0.3 is 10.6 Å². The molecule has 0 aliphatic carbocycles. The van der Waals surface area contributed by atoms with E-state index < -0.39 is 0 Å². The zero-order valence-corrected chi connectivity index (χ0v) is 12.0. The van der Waals surface area contributed by atoms with Crippen molar-refractivity contribution < 1.29 is 8.78 Å². The molecule has 23 heavy (non-hydrogen) atoms. The van der Waals surface area contributed by atoms with Gasteiger partial charge in [0.15, 0.2) is 5.82 Å². The standard InChI is InChI=1S/C16H13F2N5/c17-12-5-3-6-13(8-12)21-15-10-20-23-16(22-15)19-9-11-4-1-2-7-14(11)18/h1-8,10H,9H2,(H2,19,21,22,23). The predicted octanol–water partition coefficient (Wildman–Crippen LogP) is 3.51. The molecule has 0 saturated carbocycles. The summed E-state index contributed by atoms with van der Waals surface area (Å²) in [6.07, 6.45) is 1.42. The molecule has 116 valence electrons. The van der Waals surface area contributed by atoms with Gasteiger partial charge in [0.05, 0.1) is 6.20 Å². The average molecular weight is 313 g/mol.